The first-order valence-corrected chi connectivity index (χ1v) is 7.68. The third kappa shape index (κ3) is 3.28. The van der Waals surface area contributed by atoms with Gasteiger partial charge >= 0.3 is 6.36 Å². The van der Waals surface area contributed by atoms with Gasteiger partial charge in [0.1, 0.15) is 0 Å². The molecular formula is C14H23F3N2O. The van der Waals surface area contributed by atoms with E-state index < -0.39 is 6.36 Å². The standard InChI is InChI=1S/C14H23F3N2O/c15-14(16,17)20-8-7-19-9-12(11-3-4-11)18-10-13(19)5-1-2-6-13/h11-12,18H,1-10H2. The van der Waals surface area contributed by atoms with E-state index in [-0.39, 0.29) is 12.1 Å². The van der Waals surface area contributed by atoms with E-state index in [9.17, 15) is 13.2 Å². The van der Waals surface area contributed by atoms with E-state index in [1.165, 1.54) is 25.7 Å². The molecule has 0 aromatic heterocycles. The Balaban J connectivity index is 1.59. The number of hydrogen-bond acceptors (Lipinski definition) is 3. The lowest BCUT2D eigenvalue weighted by atomic mass is 9.90. The average Bonchev–Trinajstić information content (AvgIpc) is 3.11. The summed E-state index contributed by atoms with van der Waals surface area (Å²) < 4.78 is 40.4. The monoisotopic (exact) mass is 292 g/mol. The zero-order chi connectivity index (χ0) is 14.2. The molecule has 1 N–H and O–H groups in total. The minimum atomic E-state index is -4.51. The van der Waals surface area contributed by atoms with Gasteiger partial charge in [0.05, 0.1) is 6.61 Å². The van der Waals surface area contributed by atoms with Crippen molar-refractivity contribution in [2.45, 2.75) is 56.5 Å². The van der Waals surface area contributed by atoms with E-state index in [1.54, 1.807) is 0 Å². The van der Waals surface area contributed by atoms with Crippen molar-refractivity contribution >= 4 is 0 Å². The van der Waals surface area contributed by atoms with Crippen LogP contribution in [0.2, 0.25) is 0 Å². The molecule has 1 spiro atoms. The van der Waals surface area contributed by atoms with Crippen LogP contribution in [0.15, 0.2) is 0 Å². The molecule has 1 unspecified atom stereocenters. The van der Waals surface area contributed by atoms with Gasteiger partial charge in [0, 0.05) is 31.2 Å². The zero-order valence-corrected chi connectivity index (χ0v) is 11.7. The fourth-order valence-electron chi connectivity index (χ4n) is 3.87. The molecule has 3 fully saturated rings. The Bertz CT molecular complexity index is 338. The first kappa shape index (κ1) is 14.6. The molecule has 2 saturated carbocycles. The number of rotatable bonds is 4. The molecule has 6 heteroatoms. The minimum absolute atomic E-state index is 0.0837. The summed E-state index contributed by atoms with van der Waals surface area (Å²) in [6, 6.07) is 0.465. The molecule has 2 aliphatic carbocycles. The van der Waals surface area contributed by atoms with Crippen LogP contribution in [0.4, 0.5) is 13.2 Å². The molecular weight excluding hydrogens is 269 g/mol. The molecule has 1 aliphatic heterocycles. The molecule has 3 rings (SSSR count). The van der Waals surface area contributed by atoms with Crippen LogP contribution in [0.5, 0.6) is 0 Å². The third-order valence-corrected chi connectivity index (χ3v) is 5.13. The molecule has 0 bridgehead atoms. The molecule has 116 valence electrons. The maximum Gasteiger partial charge on any atom is 0.522 e. The predicted molar refractivity (Wildman–Crippen MR) is 69.3 cm³/mol. The minimum Gasteiger partial charge on any atom is -0.311 e. The predicted octanol–water partition coefficient (Wildman–Crippen LogP) is 2.52. The topological polar surface area (TPSA) is 24.5 Å². The van der Waals surface area contributed by atoms with Gasteiger partial charge in [0.25, 0.3) is 0 Å². The molecule has 3 aliphatic rings. The van der Waals surface area contributed by atoms with E-state index in [0.717, 1.165) is 31.8 Å². The zero-order valence-electron chi connectivity index (χ0n) is 11.7. The summed E-state index contributed by atoms with van der Waals surface area (Å²) in [6.07, 6.45) is 2.59. The van der Waals surface area contributed by atoms with Crippen LogP contribution in [0.25, 0.3) is 0 Å². The van der Waals surface area contributed by atoms with Crippen LogP contribution in [-0.4, -0.2) is 49.1 Å². The summed E-state index contributed by atoms with van der Waals surface area (Å²) >= 11 is 0. The molecule has 1 heterocycles. The highest BCUT2D eigenvalue weighted by Gasteiger charge is 2.46. The summed E-state index contributed by atoms with van der Waals surface area (Å²) in [6.45, 7) is 1.96. The summed E-state index contributed by atoms with van der Waals surface area (Å²) in [4.78, 5) is 2.28. The summed E-state index contributed by atoms with van der Waals surface area (Å²) in [5.41, 5.74) is 0.0837. The molecule has 3 nitrogen and oxygen atoms in total. The number of nitrogens with one attached hydrogen (secondary N) is 1. The quantitative estimate of drug-likeness (QED) is 0.861. The van der Waals surface area contributed by atoms with E-state index in [2.05, 4.69) is 15.0 Å². The van der Waals surface area contributed by atoms with Crippen LogP contribution < -0.4 is 5.32 Å². The van der Waals surface area contributed by atoms with Crippen molar-refractivity contribution < 1.29 is 17.9 Å². The molecule has 1 saturated heterocycles. The van der Waals surface area contributed by atoms with Gasteiger partial charge in [-0.2, -0.15) is 0 Å². The number of nitrogens with zero attached hydrogens (tertiary/aromatic N) is 1. The van der Waals surface area contributed by atoms with Gasteiger partial charge < -0.3 is 5.32 Å². The molecule has 0 aromatic rings. The van der Waals surface area contributed by atoms with Gasteiger partial charge in [0.2, 0.25) is 0 Å². The Hall–Kier alpha value is -0.330. The van der Waals surface area contributed by atoms with Gasteiger partial charge in [-0.15, -0.1) is 13.2 Å². The Labute approximate surface area is 117 Å². The van der Waals surface area contributed by atoms with Crippen molar-refractivity contribution in [3.05, 3.63) is 0 Å². The Morgan fingerprint density at radius 2 is 1.90 bits per heavy atom. The summed E-state index contributed by atoms with van der Waals surface area (Å²) in [5.74, 6) is 0.736. The SMILES string of the molecule is FC(F)(F)OCCN1CC(C2CC2)NCC12CCCC2. The first-order chi connectivity index (χ1) is 9.49. The van der Waals surface area contributed by atoms with Gasteiger partial charge in [-0.3, -0.25) is 9.64 Å². The molecule has 0 radical (unpaired) electrons. The Kier molecular flexibility index (Phi) is 3.99. The van der Waals surface area contributed by atoms with E-state index in [0.29, 0.717) is 12.6 Å². The lowest BCUT2D eigenvalue weighted by Crippen LogP contribution is -2.64. The molecule has 1 atom stereocenters. The number of ether oxygens (including phenoxy) is 1. The van der Waals surface area contributed by atoms with E-state index in [4.69, 9.17) is 0 Å². The van der Waals surface area contributed by atoms with Crippen molar-refractivity contribution in [1.82, 2.24) is 10.2 Å². The lowest BCUT2D eigenvalue weighted by molar-refractivity contribution is -0.325. The van der Waals surface area contributed by atoms with Crippen LogP contribution in [-0.2, 0) is 4.74 Å². The maximum atomic E-state index is 12.1. The summed E-state index contributed by atoms with van der Waals surface area (Å²) in [7, 11) is 0. The maximum absolute atomic E-state index is 12.1. The van der Waals surface area contributed by atoms with Crippen molar-refractivity contribution in [1.29, 1.82) is 0 Å². The van der Waals surface area contributed by atoms with Crippen LogP contribution in [0, 0.1) is 5.92 Å². The third-order valence-electron chi connectivity index (χ3n) is 5.13. The number of hydrogen-bond donors (Lipinski definition) is 1. The van der Waals surface area contributed by atoms with Crippen LogP contribution in [0.1, 0.15) is 38.5 Å². The largest absolute Gasteiger partial charge is 0.522 e. The molecule has 0 aromatic carbocycles. The van der Waals surface area contributed by atoms with Gasteiger partial charge in [-0.05, 0) is 31.6 Å². The molecule has 0 amide bonds. The second kappa shape index (κ2) is 5.46. The lowest BCUT2D eigenvalue weighted by Gasteiger charge is -2.48. The van der Waals surface area contributed by atoms with Crippen LogP contribution in [0.3, 0.4) is 0 Å². The number of alkyl halides is 3. The molecule has 20 heavy (non-hydrogen) atoms. The Morgan fingerprint density at radius 1 is 1.20 bits per heavy atom. The van der Waals surface area contributed by atoms with E-state index in [1.807, 2.05) is 0 Å². The van der Waals surface area contributed by atoms with Crippen molar-refractivity contribution in [2.75, 3.05) is 26.2 Å². The highest BCUT2D eigenvalue weighted by Crippen LogP contribution is 2.41. The fourth-order valence-corrected chi connectivity index (χ4v) is 3.87. The van der Waals surface area contributed by atoms with Crippen molar-refractivity contribution in [2.24, 2.45) is 5.92 Å². The van der Waals surface area contributed by atoms with E-state index >= 15 is 0 Å². The fraction of sp³-hybridized carbons (Fsp3) is 1.00. The van der Waals surface area contributed by atoms with Gasteiger partial charge in [-0.1, -0.05) is 12.8 Å². The second-order valence-corrected chi connectivity index (χ2v) is 6.50. The van der Waals surface area contributed by atoms with Gasteiger partial charge in [-0.25, -0.2) is 0 Å². The second-order valence-electron chi connectivity index (χ2n) is 6.50. The van der Waals surface area contributed by atoms with Crippen LogP contribution >= 0.6 is 0 Å². The number of piperazine rings is 1. The van der Waals surface area contributed by atoms with Crippen molar-refractivity contribution in [3.63, 3.8) is 0 Å². The highest BCUT2D eigenvalue weighted by molar-refractivity contribution is 5.04. The normalized spacial score (nSPS) is 31.1. The Morgan fingerprint density at radius 3 is 2.50 bits per heavy atom. The number of halogens is 3. The van der Waals surface area contributed by atoms with Crippen molar-refractivity contribution in [3.8, 4) is 0 Å². The first-order valence-electron chi connectivity index (χ1n) is 7.68. The smallest absolute Gasteiger partial charge is 0.311 e. The van der Waals surface area contributed by atoms with Gasteiger partial charge in [0.15, 0.2) is 0 Å². The summed E-state index contributed by atoms with van der Waals surface area (Å²) in [5, 5.41) is 3.65. The highest BCUT2D eigenvalue weighted by atomic mass is 19.4. The average molecular weight is 292 g/mol.